The Bertz CT molecular complexity index is 830. The lowest BCUT2D eigenvalue weighted by Crippen LogP contribution is -2.39. The van der Waals surface area contributed by atoms with Gasteiger partial charge in [-0.25, -0.2) is 4.98 Å². The smallest absolute Gasteiger partial charge is 0.293 e. The van der Waals surface area contributed by atoms with Crippen molar-refractivity contribution in [1.29, 1.82) is 0 Å². The first-order valence-electron chi connectivity index (χ1n) is 8.62. The summed E-state index contributed by atoms with van der Waals surface area (Å²) in [5.41, 5.74) is 0.617. The topological polar surface area (TPSA) is 102 Å². The number of nitro groups is 1. The van der Waals surface area contributed by atoms with Crippen LogP contribution < -0.4 is 4.90 Å². The Balaban J connectivity index is 1.94. The fourth-order valence-electron chi connectivity index (χ4n) is 3.41. The molecule has 1 fully saturated rings. The lowest BCUT2D eigenvalue weighted by molar-refractivity contribution is -0.384. The average molecular weight is 358 g/mol. The molecule has 0 bridgehead atoms. The Morgan fingerprint density at radius 2 is 2.23 bits per heavy atom. The summed E-state index contributed by atoms with van der Waals surface area (Å²) in [6.45, 7) is 3.00. The Kier molecular flexibility index (Phi) is 5.03. The van der Waals surface area contributed by atoms with Gasteiger partial charge in [-0.15, -0.1) is 0 Å². The zero-order valence-corrected chi connectivity index (χ0v) is 14.8. The number of hydrogen-bond donors (Lipinski definition) is 1. The van der Waals surface area contributed by atoms with E-state index in [0.717, 1.165) is 12.8 Å². The summed E-state index contributed by atoms with van der Waals surface area (Å²) in [4.78, 5) is 29.7. The largest absolute Gasteiger partial charge is 0.393 e. The molecular weight excluding hydrogens is 336 g/mol. The van der Waals surface area contributed by atoms with Gasteiger partial charge in [0.1, 0.15) is 5.69 Å². The van der Waals surface area contributed by atoms with Crippen LogP contribution in [0.15, 0.2) is 30.6 Å². The van der Waals surface area contributed by atoms with E-state index in [-0.39, 0.29) is 28.8 Å². The number of nitro benzene ring substituents is 1. The number of nitrogens with zero attached hydrogens (tertiary/aromatic N) is 4. The van der Waals surface area contributed by atoms with Crippen LogP contribution in [0.2, 0.25) is 0 Å². The molecule has 0 saturated carbocycles. The summed E-state index contributed by atoms with van der Waals surface area (Å²) >= 11 is 0. The van der Waals surface area contributed by atoms with Crippen molar-refractivity contribution >= 4 is 17.2 Å². The van der Waals surface area contributed by atoms with Crippen molar-refractivity contribution < 1.29 is 14.8 Å². The molecule has 26 heavy (non-hydrogen) atoms. The Hall–Kier alpha value is -2.74. The van der Waals surface area contributed by atoms with Gasteiger partial charge in [0.25, 0.3) is 5.69 Å². The number of carbonyl (C=O) groups is 1. The predicted molar refractivity (Wildman–Crippen MR) is 96.4 cm³/mol. The van der Waals surface area contributed by atoms with E-state index >= 15 is 0 Å². The predicted octanol–water partition coefficient (Wildman–Crippen LogP) is 2.16. The third-order valence-corrected chi connectivity index (χ3v) is 4.94. The summed E-state index contributed by atoms with van der Waals surface area (Å²) in [6.07, 6.45) is 4.47. The maximum Gasteiger partial charge on any atom is 0.293 e. The van der Waals surface area contributed by atoms with Gasteiger partial charge in [0, 0.05) is 50.1 Å². The minimum Gasteiger partial charge on any atom is -0.393 e. The van der Waals surface area contributed by atoms with Crippen molar-refractivity contribution in [3.8, 4) is 0 Å². The van der Waals surface area contributed by atoms with E-state index in [1.165, 1.54) is 12.3 Å². The van der Waals surface area contributed by atoms with E-state index in [1.807, 2.05) is 4.90 Å². The second-order valence-electron chi connectivity index (χ2n) is 6.74. The molecule has 1 aromatic heterocycles. The fraction of sp³-hybridized carbons (Fsp3) is 0.444. The molecule has 2 atom stereocenters. The molecule has 1 aliphatic heterocycles. The Morgan fingerprint density at radius 3 is 2.85 bits per heavy atom. The van der Waals surface area contributed by atoms with Gasteiger partial charge >= 0.3 is 0 Å². The van der Waals surface area contributed by atoms with Crippen LogP contribution in [0.25, 0.3) is 0 Å². The Labute approximate surface area is 151 Å². The SMILES string of the molecule is CC(O)C1CCCN(c2ccc(C(=O)c3nccn3C)cc2[N+](=O)[O-])C1. The van der Waals surface area contributed by atoms with Crippen molar-refractivity contribution in [3.63, 3.8) is 0 Å². The van der Waals surface area contributed by atoms with Crippen LogP contribution in [-0.2, 0) is 7.05 Å². The molecule has 1 N–H and O–H groups in total. The number of piperidine rings is 1. The van der Waals surface area contributed by atoms with E-state index in [2.05, 4.69) is 4.98 Å². The van der Waals surface area contributed by atoms with Crippen LogP contribution in [0.4, 0.5) is 11.4 Å². The van der Waals surface area contributed by atoms with Gasteiger partial charge in [-0.3, -0.25) is 14.9 Å². The number of anilines is 1. The van der Waals surface area contributed by atoms with Crippen molar-refractivity contribution in [2.24, 2.45) is 13.0 Å². The highest BCUT2D eigenvalue weighted by Gasteiger charge is 2.29. The number of ketones is 1. The molecule has 2 unspecified atom stereocenters. The molecule has 1 aliphatic rings. The summed E-state index contributed by atoms with van der Waals surface area (Å²) in [7, 11) is 1.70. The second kappa shape index (κ2) is 7.25. The van der Waals surface area contributed by atoms with Crippen LogP contribution >= 0.6 is 0 Å². The quantitative estimate of drug-likeness (QED) is 0.499. The number of aliphatic hydroxyl groups is 1. The highest BCUT2D eigenvalue weighted by atomic mass is 16.6. The van der Waals surface area contributed by atoms with Crippen molar-refractivity contribution in [2.45, 2.75) is 25.9 Å². The molecular formula is C18H22N4O4. The molecule has 2 aromatic rings. The standard InChI is InChI=1S/C18H22N4O4/c1-12(23)14-4-3-8-21(11-14)15-6-5-13(10-16(15)22(25)26)17(24)18-19-7-9-20(18)2/h5-7,9-10,12,14,23H,3-4,8,11H2,1-2H3. The van der Waals surface area contributed by atoms with E-state index < -0.39 is 11.0 Å². The third-order valence-electron chi connectivity index (χ3n) is 4.94. The second-order valence-corrected chi connectivity index (χ2v) is 6.74. The number of aryl methyl sites for hydroxylation is 1. The van der Waals surface area contributed by atoms with E-state index in [1.54, 1.807) is 36.9 Å². The first kappa shape index (κ1) is 18.1. The number of rotatable bonds is 5. The molecule has 138 valence electrons. The summed E-state index contributed by atoms with van der Waals surface area (Å²) in [6, 6.07) is 4.54. The molecule has 0 radical (unpaired) electrons. The zero-order valence-electron chi connectivity index (χ0n) is 14.8. The molecule has 0 spiro atoms. The first-order valence-corrected chi connectivity index (χ1v) is 8.62. The zero-order chi connectivity index (χ0) is 18.8. The monoisotopic (exact) mass is 358 g/mol. The summed E-state index contributed by atoms with van der Waals surface area (Å²) in [5, 5.41) is 21.5. The first-order chi connectivity index (χ1) is 12.4. The van der Waals surface area contributed by atoms with Crippen molar-refractivity contribution in [3.05, 3.63) is 52.1 Å². The molecule has 1 aromatic carbocycles. The van der Waals surface area contributed by atoms with Crippen LogP contribution in [0.5, 0.6) is 0 Å². The van der Waals surface area contributed by atoms with Gasteiger partial charge in [-0.05, 0) is 31.9 Å². The Morgan fingerprint density at radius 1 is 1.46 bits per heavy atom. The van der Waals surface area contributed by atoms with E-state index in [0.29, 0.717) is 18.8 Å². The molecule has 2 heterocycles. The lowest BCUT2D eigenvalue weighted by Gasteiger charge is -2.35. The molecule has 0 aliphatic carbocycles. The van der Waals surface area contributed by atoms with Crippen molar-refractivity contribution in [2.75, 3.05) is 18.0 Å². The van der Waals surface area contributed by atoms with Crippen LogP contribution in [0, 0.1) is 16.0 Å². The van der Waals surface area contributed by atoms with Gasteiger partial charge in [-0.2, -0.15) is 0 Å². The van der Waals surface area contributed by atoms with E-state index in [9.17, 15) is 20.0 Å². The highest BCUT2D eigenvalue weighted by Crippen LogP contribution is 2.33. The molecule has 3 rings (SSSR count). The number of aromatic nitrogens is 2. The average Bonchev–Trinajstić information content (AvgIpc) is 3.06. The molecule has 1 saturated heterocycles. The maximum absolute atomic E-state index is 12.6. The lowest BCUT2D eigenvalue weighted by atomic mass is 9.93. The number of imidazole rings is 1. The maximum atomic E-state index is 12.6. The van der Waals surface area contributed by atoms with Crippen LogP contribution in [-0.4, -0.2) is 44.6 Å². The summed E-state index contributed by atoms with van der Waals surface area (Å²) < 4.78 is 1.58. The van der Waals surface area contributed by atoms with Gasteiger partial charge < -0.3 is 14.6 Å². The third kappa shape index (κ3) is 3.45. The number of hydrogen-bond acceptors (Lipinski definition) is 6. The number of aliphatic hydroxyl groups excluding tert-OH is 1. The molecule has 8 heteroatoms. The summed E-state index contributed by atoms with van der Waals surface area (Å²) in [5.74, 6) is -0.0379. The minimum atomic E-state index is -0.462. The highest BCUT2D eigenvalue weighted by molar-refractivity contribution is 6.07. The van der Waals surface area contributed by atoms with Gasteiger partial charge in [0.15, 0.2) is 5.82 Å². The van der Waals surface area contributed by atoms with Crippen LogP contribution in [0.1, 0.15) is 35.9 Å². The van der Waals surface area contributed by atoms with Gasteiger partial charge in [0.2, 0.25) is 5.78 Å². The minimum absolute atomic E-state index is 0.0808. The fourth-order valence-corrected chi connectivity index (χ4v) is 3.41. The van der Waals surface area contributed by atoms with Crippen molar-refractivity contribution in [1.82, 2.24) is 9.55 Å². The van der Waals surface area contributed by atoms with Crippen LogP contribution in [0.3, 0.4) is 0 Å². The van der Waals surface area contributed by atoms with Gasteiger partial charge in [-0.1, -0.05) is 0 Å². The normalized spacial score (nSPS) is 18.6. The van der Waals surface area contributed by atoms with Gasteiger partial charge in [0.05, 0.1) is 11.0 Å². The molecule has 0 amide bonds. The van der Waals surface area contributed by atoms with E-state index in [4.69, 9.17) is 0 Å². The molecule has 8 nitrogen and oxygen atoms in total. The number of benzene rings is 1. The number of carbonyl (C=O) groups excluding carboxylic acids is 1.